The van der Waals surface area contributed by atoms with Crippen molar-refractivity contribution in [3.63, 3.8) is 0 Å². The highest BCUT2D eigenvalue weighted by molar-refractivity contribution is 7.99. The average Bonchev–Trinajstić information content (AvgIpc) is 2.39. The number of hydrogen-bond acceptors (Lipinski definition) is 3. The molecule has 0 radical (unpaired) electrons. The molecule has 0 aliphatic carbocycles. The Balaban J connectivity index is 2.50. The van der Waals surface area contributed by atoms with Gasteiger partial charge in [0.15, 0.2) is 0 Å². The molecule has 1 aromatic rings. The zero-order chi connectivity index (χ0) is 14.3. The van der Waals surface area contributed by atoms with Crippen LogP contribution in [0.1, 0.15) is 26.7 Å². The number of halogens is 2. The maximum Gasteiger partial charge on any atom is 0.139 e. The first-order valence-electron chi connectivity index (χ1n) is 6.25. The smallest absolute Gasteiger partial charge is 0.139 e. The summed E-state index contributed by atoms with van der Waals surface area (Å²) in [6, 6.07) is 5.79. The number of nitrogens with one attached hydrogen (secondary N) is 1. The number of benzene rings is 1. The van der Waals surface area contributed by atoms with Crippen LogP contribution in [-0.2, 0) is 0 Å². The van der Waals surface area contributed by atoms with Crippen molar-refractivity contribution >= 4 is 11.8 Å². The van der Waals surface area contributed by atoms with Gasteiger partial charge < -0.3 is 0 Å². The molecule has 104 valence electrons. The SMILES string of the molecule is CCCNC(C)(C#N)CCSc1ccc(F)cc1F. The lowest BCUT2D eigenvalue weighted by Gasteiger charge is -2.22. The van der Waals surface area contributed by atoms with Gasteiger partial charge in [-0.2, -0.15) is 5.26 Å². The molecule has 0 aliphatic rings. The second-order valence-electron chi connectivity index (χ2n) is 4.54. The van der Waals surface area contributed by atoms with Gasteiger partial charge in [-0.05, 0) is 38.4 Å². The lowest BCUT2D eigenvalue weighted by atomic mass is 10.0. The van der Waals surface area contributed by atoms with Gasteiger partial charge in [-0.25, -0.2) is 8.78 Å². The molecule has 0 aliphatic heterocycles. The van der Waals surface area contributed by atoms with Gasteiger partial charge in [0, 0.05) is 16.7 Å². The minimum Gasteiger partial charge on any atom is -0.300 e. The van der Waals surface area contributed by atoms with E-state index in [1.54, 1.807) is 0 Å². The summed E-state index contributed by atoms with van der Waals surface area (Å²) in [7, 11) is 0. The molecule has 0 aromatic heterocycles. The van der Waals surface area contributed by atoms with Crippen LogP contribution in [0.25, 0.3) is 0 Å². The summed E-state index contributed by atoms with van der Waals surface area (Å²) in [4.78, 5) is 0.414. The first kappa shape index (κ1) is 15.9. The molecule has 0 saturated carbocycles. The summed E-state index contributed by atoms with van der Waals surface area (Å²) < 4.78 is 26.2. The third kappa shape index (κ3) is 5.17. The number of thioether (sulfide) groups is 1. The summed E-state index contributed by atoms with van der Waals surface area (Å²) in [6.45, 7) is 4.65. The van der Waals surface area contributed by atoms with Crippen molar-refractivity contribution in [3.8, 4) is 6.07 Å². The molecule has 0 spiro atoms. The lowest BCUT2D eigenvalue weighted by Crippen LogP contribution is -2.41. The van der Waals surface area contributed by atoms with Gasteiger partial charge in [0.2, 0.25) is 0 Å². The summed E-state index contributed by atoms with van der Waals surface area (Å²) >= 11 is 1.30. The largest absolute Gasteiger partial charge is 0.300 e. The predicted molar refractivity (Wildman–Crippen MR) is 74.0 cm³/mol. The second kappa shape index (κ2) is 7.46. The number of nitriles is 1. The van der Waals surface area contributed by atoms with Gasteiger partial charge in [-0.1, -0.05) is 6.92 Å². The second-order valence-corrected chi connectivity index (χ2v) is 5.68. The fourth-order valence-corrected chi connectivity index (χ4v) is 2.63. The quantitative estimate of drug-likeness (QED) is 0.775. The number of hydrogen-bond donors (Lipinski definition) is 1. The van der Waals surface area contributed by atoms with E-state index in [0.717, 1.165) is 19.0 Å². The zero-order valence-electron chi connectivity index (χ0n) is 11.2. The standard InChI is InChI=1S/C14H18F2N2S/c1-3-7-18-14(2,10-17)6-8-19-13-5-4-11(15)9-12(13)16/h4-5,9,18H,3,6-8H2,1-2H3. The van der Waals surface area contributed by atoms with Crippen LogP contribution in [0.2, 0.25) is 0 Å². The molecule has 1 aromatic carbocycles. The normalized spacial score (nSPS) is 13.8. The summed E-state index contributed by atoms with van der Waals surface area (Å²) in [5.41, 5.74) is -0.598. The molecule has 0 bridgehead atoms. The lowest BCUT2D eigenvalue weighted by molar-refractivity contribution is 0.437. The molecule has 1 rings (SSSR count). The maximum atomic E-state index is 13.4. The molecule has 5 heteroatoms. The monoisotopic (exact) mass is 284 g/mol. The van der Waals surface area contributed by atoms with E-state index in [1.807, 2.05) is 13.8 Å². The maximum absolute atomic E-state index is 13.4. The Bertz CT molecular complexity index is 459. The van der Waals surface area contributed by atoms with E-state index in [4.69, 9.17) is 5.26 Å². The fourth-order valence-electron chi connectivity index (χ4n) is 1.54. The Kier molecular flexibility index (Phi) is 6.26. The highest BCUT2D eigenvalue weighted by atomic mass is 32.2. The van der Waals surface area contributed by atoms with E-state index in [1.165, 1.54) is 23.9 Å². The molecule has 19 heavy (non-hydrogen) atoms. The Morgan fingerprint density at radius 1 is 1.42 bits per heavy atom. The summed E-state index contributed by atoms with van der Waals surface area (Å²) in [5, 5.41) is 12.3. The minimum absolute atomic E-state index is 0.414. The van der Waals surface area contributed by atoms with Crippen molar-refractivity contribution < 1.29 is 8.78 Å². The van der Waals surface area contributed by atoms with Crippen LogP contribution in [0.4, 0.5) is 8.78 Å². The topological polar surface area (TPSA) is 35.8 Å². The molecule has 0 amide bonds. The van der Waals surface area contributed by atoms with Gasteiger partial charge in [-0.15, -0.1) is 11.8 Å². The van der Waals surface area contributed by atoms with Crippen LogP contribution in [-0.4, -0.2) is 17.8 Å². The van der Waals surface area contributed by atoms with E-state index in [0.29, 0.717) is 17.1 Å². The summed E-state index contributed by atoms with van der Waals surface area (Å²) in [5.74, 6) is -0.526. The van der Waals surface area contributed by atoms with Gasteiger partial charge in [0.1, 0.15) is 17.2 Å². The highest BCUT2D eigenvalue weighted by Crippen LogP contribution is 2.25. The number of rotatable bonds is 7. The minimum atomic E-state index is -0.598. The van der Waals surface area contributed by atoms with Gasteiger partial charge in [-0.3, -0.25) is 5.32 Å². The first-order valence-corrected chi connectivity index (χ1v) is 7.23. The molecular formula is C14H18F2N2S. The summed E-state index contributed by atoms with van der Waals surface area (Å²) in [6.07, 6.45) is 1.56. The zero-order valence-corrected chi connectivity index (χ0v) is 12.0. The van der Waals surface area contributed by atoms with E-state index >= 15 is 0 Å². The Hall–Kier alpha value is -1.12. The van der Waals surface area contributed by atoms with Crippen molar-refractivity contribution in [3.05, 3.63) is 29.8 Å². The molecule has 1 unspecified atom stereocenters. The van der Waals surface area contributed by atoms with E-state index < -0.39 is 17.2 Å². The molecule has 0 saturated heterocycles. The van der Waals surface area contributed by atoms with Crippen LogP contribution in [0.5, 0.6) is 0 Å². The van der Waals surface area contributed by atoms with Gasteiger partial charge in [0.25, 0.3) is 0 Å². The third-order valence-corrected chi connectivity index (χ3v) is 3.82. The van der Waals surface area contributed by atoms with E-state index in [2.05, 4.69) is 11.4 Å². The van der Waals surface area contributed by atoms with Crippen LogP contribution < -0.4 is 5.32 Å². The molecule has 2 nitrogen and oxygen atoms in total. The average molecular weight is 284 g/mol. The Morgan fingerprint density at radius 2 is 2.16 bits per heavy atom. The molecule has 1 N–H and O–H groups in total. The first-order chi connectivity index (χ1) is 9.00. The van der Waals surface area contributed by atoms with Crippen molar-refractivity contribution in [1.82, 2.24) is 5.32 Å². The van der Waals surface area contributed by atoms with Crippen LogP contribution in [0.3, 0.4) is 0 Å². The van der Waals surface area contributed by atoms with Crippen LogP contribution in [0.15, 0.2) is 23.1 Å². The van der Waals surface area contributed by atoms with Crippen molar-refractivity contribution in [2.24, 2.45) is 0 Å². The molecular weight excluding hydrogens is 266 g/mol. The van der Waals surface area contributed by atoms with Crippen molar-refractivity contribution in [2.75, 3.05) is 12.3 Å². The van der Waals surface area contributed by atoms with Crippen molar-refractivity contribution in [1.29, 1.82) is 5.26 Å². The fraction of sp³-hybridized carbons (Fsp3) is 0.500. The number of nitrogens with zero attached hydrogens (tertiary/aromatic N) is 1. The molecule has 0 fully saturated rings. The highest BCUT2D eigenvalue weighted by Gasteiger charge is 2.22. The Labute approximate surface area is 117 Å². The Morgan fingerprint density at radius 3 is 2.74 bits per heavy atom. The molecule has 0 heterocycles. The predicted octanol–water partition coefficient (Wildman–Crippen LogP) is 3.73. The van der Waals surface area contributed by atoms with E-state index in [-0.39, 0.29) is 0 Å². The van der Waals surface area contributed by atoms with Crippen LogP contribution in [0, 0.1) is 23.0 Å². The molecule has 1 atom stereocenters. The van der Waals surface area contributed by atoms with E-state index in [9.17, 15) is 8.78 Å². The third-order valence-electron chi connectivity index (χ3n) is 2.77. The van der Waals surface area contributed by atoms with Crippen molar-refractivity contribution in [2.45, 2.75) is 37.1 Å². The van der Waals surface area contributed by atoms with Crippen LogP contribution >= 0.6 is 11.8 Å². The van der Waals surface area contributed by atoms with Gasteiger partial charge >= 0.3 is 0 Å². The van der Waals surface area contributed by atoms with Gasteiger partial charge in [0.05, 0.1) is 6.07 Å².